The lowest BCUT2D eigenvalue weighted by Crippen LogP contribution is -2.22. The van der Waals surface area contributed by atoms with Gasteiger partial charge in [0.2, 0.25) is 5.88 Å². The number of hydrogen-bond donors (Lipinski definition) is 1. The van der Waals surface area contributed by atoms with E-state index in [4.69, 9.17) is 5.26 Å². The van der Waals surface area contributed by atoms with Crippen molar-refractivity contribution in [1.82, 2.24) is 4.57 Å². The molecule has 0 radical (unpaired) electrons. The lowest BCUT2D eigenvalue weighted by molar-refractivity contribution is -0.385. The van der Waals surface area contributed by atoms with Crippen LogP contribution in [0.2, 0.25) is 0 Å². The van der Waals surface area contributed by atoms with E-state index in [0.29, 0.717) is 16.8 Å². The molecule has 1 heterocycles. The van der Waals surface area contributed by atoms with Crippen molar-refractivity contribution in [3.8, 4) is 11.9 Å². The van der Waals surface area contributed by atoms with Crippen LogP contribution >= 0.6 is 0 Å². The van der Waals surface area contributed by atoms with E-state index in [-0.39, 0.29) is 22.7 Å². The average molecular weight is 326 g/mol. The smallest absolute Gasteiger partial charge is 0.274 e. The standard InChI is InChI=1S/C16H14N4O4/c1-9-4-5-11(6-14(9)20(23)24)18-8-13-10(2)12(7-17)15(21)19(3)16(13)22/h4-6,8,22H,1-3H3. The molecular formula is C16H14N4O4. The fraction of sp³-hybridized carbons (Fsp3) is 0.188. The van der Waals surface area contributed by atoms with Crippen molar-refractivity contribution in [3.63, 3.8) is 0 Å². The predicted molar refractivity (Wildman–Crippen MR) is 87.9 cm³/mol. The van der Waals surface area contributed by atoms with E-state index >= 15 is 0 Å². The van der Waals surface area contributed by atoms with Gasteiger partial charge in [-0.15, -0.1) is 0 Å². The number of nitriles is 1. The number of nitrogens with zero attached hydrogens (tertiary/aromatic N) is 4. The van der Waals surface area contributed by atoms with Crippen LogP contribution in [0.4, 0.5) is 11.4 Å². The summed E-state index contributed by atoms with van der Waals surface area (Å²) in [5.74, 6) is -0.332. The topological polar surface area (TPSA) is 122 Å². The fourth-order valence-electron chi connectivity index (χ4n) is 2.21. The summed E-state index contributed by atoms with van der Waals surface area (Å²) >= 11 is 0. The maximum absolute atomic E-state index is 11.9. The first kappa shape index (κ1) is 16.9. The summed E-state index contributed by atoms with van der Waals surface area (Å²) in [4.78, 5) is 26.5. The SMILES string of the molecule is Cc1ccc(N=Cc2c(C)c(C#N)c(=O)n(C)c2O)cc1[N+](=O)[O-]. The molecule has 122 valence electrons. The molecule has 0 fully saturated rings. The van der Waals surface area contributed by atoms with Gasteiger partial charge in [0.1, 0.15) is 11.6 Å². The minimum atomic E-state index is -0.601. The lowest BCUT2D eigenvalue weighted by Gasteiger charge is -2.09. The zero-order valence-corrected chi connectivity index (χ0v) is 13.3. The number of nitro benzene ring substituents is 1. The number of benzene rings is 1. The highest BCUT2D eigenvalue weighted by Crippen LogP contribution is 2.25. The highest BCUT2D eigenvalue weighted by Gasteiger charge is 2.16. The summed E-state index contributed by atoms with van der Waals surface area (Å²) in [7, 11) is 1.34. The van der Waals surface area contributed by atoms with E-state index < -0.39 is 10.5 Å². The molecule has 0 bridgehead atoms. The van der Waals surface area contributed by atoms with Crippen molar-refractivity contribution in [2.75, 3.05) is 0 Å². The fourth-order valence-corrected chi connectivity index (χ4v) is 2.21. The lowest BCUT2D eigenvalue weighted by atomic mass is 10.1. The number of aliphatic imine (C=N–C) groups is 1. The quantitative estimate of drug-likeness (QED) is 0.526. The molecule has 0 amide bonds. The Morgan fingerprint density at radius 2 is 2.08 bits per heavy atom. The number of aryl methyl sites for hydroxylation is 1. The number of aromatic nitrogens is 1. The van der Waals surface area contributed by atoms with Gasteiger partial charge in [-0.05, 0) is 25.5 Å². The average Bonchev–Trinajstić information content (AvgIpc) is 2.54. The summed E-state index contributed by atoms with van der Waals surface area (Å²) < 4.78 is 0.949. The molecule has 0 saturated carbocycles. The van der Waals surface area contributed by atoms with E-state index in [1.807, 2.05) is 0 Å². The van der Waals surface area contributed by atoms with Gasteiger partial charge >= 0.3 is 0 Å². The molecule has 2 aromatic rings. The molecule has 8 nitrogen and oxygen atoms in total. The molecule has 0 aliphatic rings. The molecule has 0 saturated heterocycles. The predicted octanol–water partition coefficient (Wildman–Crippen LogP) is 2.24. The van der Waals surface area contributed by atoms with Gasteiger partial charge in [0, 0.05) is 24.9 Å². The first-order valence-corrected chi connectivity index (χ1v) is 6.89. The molecule has 0 atom stereocenters. The second kappa shape index (κ2) is 6.34. The molecular weight excluding hydrogens is 312 g/mol. The third kappa shape index (κ3) is 2.87. The van der Waals surface area contributed by atoms with E-state index in [2.05, 4.69) is 4.99 Å². The summed E-state index contributed by atoms with van der Waals surface area (Å²) in [6, 6.07) is 6.28. The summed E-state index contributed by atoms with van der Waals surface area (Å²) in [6.07, 6.45) is 1.28. The minimum absolute atomic E-state index is 0.0660. The Morgan fingerprint density at radius 1 is 1.42 bits per heavy atom. The molecule has 2 rings (SSSR count). The summed E-state index contributed by atoms with van der Waals surface area (Å²) in [5.41, 5.74) is 0.566. The Bertz CT molecular complexity index is 968. The zero-order chi connectivity index (χ0) is 18.0. The first-order valence-electron chi connectivity index (χ1n) is 6.89. The highest BCUT2D eigenvalue weighted by molar-refractivity contribution is 5.87. The Morgan fingerprint density at radius 3 is 2.67 bits per heavy atom. The Hall–Kier alpha value is -3.47. The monoisotopic (exact) mass is 326 g/mol. The van der Waals surface area contributed by atoms with Gasteiger partial charge in [-0.1, -0.05) is 6.07 Å². The number of hydrogen-bond acceptors (Lipinski definition) is 6. The molecule has 8 heteroatoms. The molecule has 0 unspecified atom stereocenters. The molecule has 1 aromatic heterocycles. The summed E-state index contributed by atoms with van der Waals surface area (Å²) in [5, 5.41) is 30.1. The molecule has 0 aliphatic carbocycles. The van der Waals surface area contributed by atoms with Crippen molar-refractivity contribution in [1.29, 1.82) is 5.26 Å². The van der Waals surface area contributed by atoms with E-state index in [0.717, 1.165) is 4.57 Å². The van der Waals surface area contributed by atoms with Gasteiger partial charge < -0.3 is 5.11 Å². The maximum atomic E-state index is 11.9. The molecule has 24 heavy (non-hydrogen) atoms. The largest absolute Gasteiger partial charge is 0.494 e. The van der Waals surface area contributed by atoms with Gasteiger partial charge in [0.25, 0.3) is 11.2 Å². The second-order valence-electron chi connectivity index (χ2n) is 5.20. The van der Waals surface area contributed by atoms with Crippen LogP contribution in [0.5, 0.6) is 5.88 Å². The normalized spacial score (nSPS) is 10.8. The van der Waals surface area contributed by atoms with Crippen molar-refractivity contribution >= 4 is 17.6 Å². The van der Waals surface area contributed by atoms with Crippen LogP contribution in [-0.4, -0.2) is 20.8 Å². The van der Waals surface area contributed by atoms with Crippen molar-refractivity contribution in [2.24, 2.45) is 12.0 Å². The van der Waals surface area contributed by atoms with Crippen LogP contribution in [0.15, 0.2) is 28.0 Å². The Labute approximate surface area is 137 Å². The Balaban J connectivity index is 2.57. The number of nitro groups is 1. The van der Waals surface area contributed by atoms with Crippen LogP contribution in [0.3, 0.4) is 0 Å². The van der Waals surface area contributed by atoms with Crippen LogP contribution in [0, 0.1) is 35.3 Å². The second-order valence-corrected chi connectivity index (χ2v) is 5.20. The van der Waals surface area contributed by atoms with Crippen molar-refractivity contribution in [3.05, 3.63) is 60.9 Å². The minimum Gasteiger partial charge on any atom is -0.494 e. The van der Waals surface area contributed by atoms with Gasteiger partial charge in [0.05, 0.1) is 16.2 Å². The van der Waals surface area contributed by atoms with Crippen LogP contribution in [0.1, 0.15) is 22.3 Å². The van der Waals surface area contributed by atoms with Crippen molar-refractivity contribution in [2.45, 2.75) is 13.8 Å². The maximum Gasteiger partial charge on any atom is 0.274 e. The van der Waals surface area contributed by atoms with E-state index in [9.17, 15) is 20.0 Å². The van der Waals surface area contributed by atoms with Crippen LogP contribution in [0.25, 0.3) is 0 Å². The molecule has 1 N–H and O–H groups in total. The highest BCUT2D eigenvalue weighted by atomic mass is 16.6. The van der Waals surface area contributed by atoms with Gasteiger partial charge in [-0.2, -0.15) is 5.26 Å². The number of aromatic hydroxyl groups is 1. The van der Waals surface area contributed by atoms with Gasteiger partial charge in [0.15, 0.2) is 0 Å². The third-order valence-electron chi connectivity index (χ3n) is 3.70. The van der Waals surface area contributed by atoms with Crippen molar-refractivity contribution < 1.29 is 10.0 Å². The van der Waals surface area contributed by atoms with Gasteiger partial charge in [-0.3, -0.25) is 24.5 Å². The number of pyridine rings is 1. The first-order chi connectivity index (χ1) is 11.3. The Kier molecular flexibility index (Phi) is 4.46. The van der Waals surface area contributed by atoms with E-state index in [1.165, 1.54) is 26.3 Å². The zero-order valence-electron chi connectivity index (χ0n) is 13.3. The summed E-state index contributed by atoms with van der Waals surface area (Å²) in [6.45, 7) is 3.15. The van der Waals surface area contributed by atoms with Crippen LogP contribution in [-0.2, 0) is 7.05 Å². The number of rotatable bonds is 3. The molecule has 0 spiro atoms. The van der Waals surface area contributed by atoms with Crippen LogP contribution < -0.4 is 5.56 Å². The molecule has 0 aliphatic heterocycles. The molecule has 1 aromatic carbocycles. The third-order valence-corrected chi connectivity index (χ3v) is 3.70. The van der Waals surface area contributed by atoms with Gasteiger partial charge in [-0.25, -0.2) is 0 Å². The van der Waals surface area contributed by atoms with E-state index in [1.54, 1.807) is 25.1 Å².